The van der Waals surface area contributed by atoms with Crippen LogP contribution in [0, 0.1) is 20.8 Å². The van der Waals surface area contributed by atoms with Crippen molar-refractivity contribution in [1.29, 1.82) is 0 Å². The monoisotopic (exact) mass is 489 g/mol. The van der Waals surface area contributed by atoms with E-state index in [0.717, 1.165) is 72.3 Å². The number of aryl methyl sites for hydroxylation is 3. The molecule has 0 bridgehead atoms. The molecule has 0 saturated carbocycles. The van der Waals surface area contributed by atoms with Gasteiger partial charge in [-0.15, -0.1) is 0 Å². The van der Waals surface area contributed by atoms with Gasteiger partial charge >= 0.3 is 0 Å². The predicted octanol–water partition coefficient (Wildman–Crippen LogP) is 7.69. The van der Waals surface area contributed by atoms with Crippen molar-refractivity contribution in [3.8, 4) is 5.75 Å². The number of nitrogens with zero attached hydrogens (tertiary/aromatic N) is 2. The van der Waals surface area contributed by atoms with Gasteiger partial charge in [-0.2, -0.15) is 0 Å². The predicted molar refractivity (Wildman–Crippen MR) is 150 cm³/mol. The van der Waals surface area contributed by atoms with E-state index < -0.39 is 0 Å². The van der Waals surface area contributed by atoms with Gasteiger partial charge < -0.3 is 10.1 Å². The lowest BCUT2D eigenvalue weighted by Gasteiger charge is -2.24. The SMILES string of the molecule is CCCN(CCCNc1c2ccc(Cl)cc2nc2ccc(OC)cc12)Cc1c(C)cc(C)cc1C. The highest BCUT2D eigenvalue weighted by molar-refractivity contribution is 6.31. The number of hydrogen-bond donors (Lipinski definition) is 1. The molecule has 0 amide bonds. The molecule has 0 aliphatic heterocycles. The van der Waals surface area contributed by atoms with Gasteiger partial charge in [-0.3, -0.25) is 4.90 Å². The van der Waals surface area contributed by atoms with Crippen LogP contribution in [0.15, 0.2) is 48.5 Å². The number of fused-ring (bicyclic) bond motifs is 2. The fourth-order valence-corrected chi connectivity index (χ4v) is 5.17. The van der Waals surface area contributed by atoms with Crippen LogP contribution in [0.4, 0.5) is 5.69 Å². The van der Waals surface area contributed by atoms with Gasteiger partial charge in [0.1, 0.15) is 5.75 Å². The van der Waals surface area contributed by atoms with Gasteiger partial charge in [0.25, 0.3) is 0 Å². The van der Waals surface area contributed by atoms with Crippen LogP contribution in [-0.4, -0.2) is 36.6 Å². The van der Waals surface area contributed by atoms with Gasteiger partial charge in [-0.05, 0) is 93.2 Å². The first kappa shape index (κ1) is 25.3. The Morgan fingerprint density at radius 2 is 1.69 bits per heavy atom. The van der Waals surface area contributed by atoms with E-state index in [1.807, 2.05) is 24.3 Å². The molecule has 0 spiro atoms. The second-order valence-electron chi connectivity index (χ2n) is 9.47. The van der Waals surface area contributed by atoms with Crippen LogP contribution in [-0.2, 0) is 6.54 Å². The normalized spacial score (nSPS) is 11.5. The first-order chi connectivity index (χ1) is 16.9. The Kier molecular flexibility index (Phi) is 8.15. The highest BCUT2D eigenvalue weighted by Crippen LogP contribution is 2.34. The molecule has 0 radical (unpaired) electrons. The fraction of sp³-hybridized carbons (Fsp3) is 0.367. The lowest BCUT2D eigenvalue weighted by molar-refractivity contribution is 0.264. The van der Waals surface area contributed by atoms with Crippen LogP contribution in [0.2, 0.25) is 5.02 Å². The minimum absolute atomic E-state index is 0.695. The molecule has 184 valence electrons. The molecule has 4 aromatic rings. The number of hydrogen-bond acceptors (Lipinski definition) is 4. The first-order valence-electron chi connectivity index (χ1n) is 12.5. The minimum Gasteiger partial charge on any atom is -0.497 e. The molecule has 0 aliphatic rings. The molecule has 1 heterocycles. The van der Waals surface area contributed by atoms with E-state index in [0.29, 0.717) is 5.02 Å². The molecule has 5 heteroatoms. The Morgan fingerprint density at radius 1 is 0.914 bits per heavy atom. The number of rotatable bonds is 10. The number of ether oxygens (including phenoxy) is 1. The molecule has 3 aromatic carbocycles. The number of nitrogens with one attached hydrogen (secondary N) is 1. The van der Waals surface area contributed by atoms with Crippen LogP contribution in [0.25, 0.3) is 21.8 Å². The summed E-state index contributed by atoms with van der Waals surface area (Å²) in [5, 5.41) is 6.56. The molecule has 4 rings (SSSR count). The number of aromatic nitrogens is 1. The highest BCUT2D eigenvalue weighted by Gasteiger charge is 2.13. The van der Waals surface area contributed by atoms with Crippen molar-refractivity contribution in [2.24, 2.45) is 0 Å². The second kappa shape index (κ2) is 11.3. The van der Waals surface area contributed by atoms with E-state index in [-0.39, 0.29) is 0 Å². The zero-order chi connectivity index (χ0) is 24.9. The van der Waals surface area contributed by atoms with Crippen molar-refractivity contribution in [1.82, 2.24) is 9.88 Å². The average Bonchev–Trinajstić information content (AvgIpc) is 2.82. The molecule has 35 heavy (non-hydrogen) atoms. The van der Waals surface area contributed by atoms with E-state index >= 15 is 0 Å². The summed E-state index contributed by atoms with van der Waals surface area (Å²) in [6.07, 6.45) is 2.20. The third kappa shape index (κ3) is 5.88. The van der Waals surface area contributed by atoms with Crippen LogP contribution in [0.5, 0.6) is 5.75 Å². The van der Waals surface area contributed by atoms with Gasteiger partial charge in [-0.1, -0.05) is 36.2 Å². The van der Waals surface area contributed by atoms with Crippen LogP contribution in [0.3, 0.4) is 0 Å². The summed E-state index contributed by atoms with van der Waals surface area (Å²) in [6, 6.07) is 16.5. The Balaban J connectivity index is 1.52. The molecular formula is C30H36ClN3O. The van der Waals surface area contributed by atoms with Crippen molar-refractivity contribution in [3.63, 3.8) is 0 Å². The zero-order valence-electron chi connectivity index (χ0n) is 21.5. The molecule has 0 aliphatic carbocycles. The summed E-state index contributed by atoms with van der Waals surface area (Å²) >= 11 is 6.27. The van der Waals surface area contributed by atoms with Gasteiger partial charge in [-0.25, -0.2) is 4.98 Å². The zero-order valence-corrected chi connectivity index (χ0v) is 22.3. The second-order valence-corrected chi connectivity index (χ2v) is 9.90. The summed E-state index contributed by atoms with van der Waals surface area (Å²) in [7, 11) is 1.70. The number of halogens is 1. The number of benzene rings is 3. The standard InChI is InChI=1S/C30H36ClN3O/c1-6-13-34(19-27-21(3)15-20(2)16-22(27)4)14-7-12-32-30-25-10-8-23(31)17-29(25)33-28-11-9-24(35-5)18-26(28)30/h8-11,15-18H,6-7,12-14,19H2,1-5H3,(H,32,33). The molecule has 1 N–H and O–H groups in total. The third-order valence-corrected chi connectivity index (χ3v) is 6.89. The van der Waals surface area contributed by atoms with Crippen molar-refractivity contribution >= 4 is 39.1 Å². The maximum atomic E-state index is 6.27. The van der Waals surface area contributed by atoms with Gasteiger partial charge in [0.2, 0.25) is 0 Å². The van der Waals surface area contributed by atoms with E-state index in [1.165, 1.54) is 22.3 Å². The van der Waals surface area contributed by atoms with E-state index in [1.54, 1.807) is 7.11 Å². The number of pyridine rings is 1. The topological polar surface area (TPSA) is 37.4 Å². The summed E-state index contributed by atoms with van der Waals surface area (Å²) in [6.45, 7) is 12.9. The van der Waals surface area contributed by atoms with E-state index in [9.17, 15) is 0 Å². The Labute approximate surface area is 214 Å². The molecule has 4 nitrogen and oxygen atoms in total. The number of methoxy groups -OCH3 is 1. The van der Waals surface area contributed by atoms with Crippen LogP contribution >= 0.6 is 11.6 Å². The lowest BCUT2D eigenvalue weighted by Crippen LogP contribution is -2.27. The van der Waals surface area contributed by atoms with Crippen molar-refractivity contribution in [3.05, 3.63) is 75.8 Å². The minimum atomic E-state index is 0.695. The van der Waals surface area contributed by atoms with E-state index in [4.69, 9.17) is 21.3 Å². The van der Waals surface area contributed by atoms with Crippen molar-refractivity contribution in [2.75, 3.05) is 32.1 Å². The molecule has 1 aromatic heterocycles. The van der Waals surface area contributed by atoms with Crippen molar-refractivity contribution in [2.45, 2.75) is 47.1 Å². The molecule has 0 fully saturated rings. The summed E-state index contributed by atoms with van der Waals surface area (Å²) < 4.78 is 5.49. The summed E-state index contributed by atoms with van der Waals surface area (Å²) in [5.41, 5.74) is 8.51. The third-order valence-electron chi connectivity index (χ3n) is 6.66. The quantitative estimate of drug-likeness (QED) is 0.183. The maximum absolute atomic E-state index is 6.27. The number of anilines is 1. The molecule has 0 saturated heterocycles. The largest absolute Gasteiger partial charge is 0.497 e. The lowest BCUT2D eigenvalue weighted by atomic mass is 9.99. The highest BCUT2D eigenvalue weighted by atomic mass is 35.5. The molecular weight excluding hydrogens is 454 g/mol. The summed E-state index contributed by atoms with van der Waals surface area (Å²) in [4.78, 5) is 7.42. The average molecular weight is 490 g/mol. The van der Waals surface area contributed by atoms with Gasteiger partial charge in [0.15, 0.2) is 0 Å². The van der Waals surface area contributed by atoms with Crippen LogP contribution < -0.4 is 10.1 Å². The van der Waals surface area contributed by atoms with Gasteiger partial charge in [0.05, 0.1) is 23.8 Å². The Bertz CT molecular complexity index is 1310. The Hall–Kier alpha value is -2.82. The molecule has 0 atom stereocenters. The van der Waals surface area contributed by atoms with Crippen molar-refractivity contribution < 1.29 is 4.74 Å². The molecule has 0 unspecified atom stereocenters. The van der Waals surface area contributed by atoms with Crippen LogP contribution in [0.1, 0.15) is 42.0 Å². The van der Waals surface area contributed by atoms with E-state index in [2.05, 4.69) is 62.2 Å². The Morgan fingerprint density at radius 3 is 2.40 bits per heavy atom. The maximum Gasteiger partial charge on any atom is 0.119 e. The smallest absolute Gasteiger partial charge is 0.119 e. The van der Waals surface area contributed by atoms with Gasteiger partial charge in [0, 0.05) is 35.4 Å². The fourth-order valence-electron chi connectivity index (χ4n) is 5.00. The summed E-state index contributed by atoms with van der Waals surface area (Å²) in [5.74, 6) is 0.827. The first-order valence-corrected chi connectivity index (χ1v) is 12.9.